The first kappa shape index (κ1) is 31.2. The number of benzene rings is 1. The van der Waals surface area contributed by atoms with E-state index >= 15 is 0 Å². The predicted molar refractivity (Wildman–Crippen MR) is 151 cm³/mol. The van der Waals surface area contributed by atoms with E-state index in [9.17, 15) is 19.2 Å². The molecular weight excluding hydrogens is 512 g/mol. The molecule has 1 aromatic rings. The van der Waals surface area contributed by atoms with Gasteiger partial charge < -0.3 is 24.6 Å². The highest BCUT2D eigenvalue weighted by molar-refractivity contribution is 5.91. The largest absolute Gasteiger partial charge is 0.445 e. The van der Waals surface area contributed by atoms with Crippen LogP contribution in [0.1, 0.15) is 72.3 Å². The standard InChI is InChI=1S/C30H46N4O6/c1-21-19-33(17-18-34(21)29(38)39-20-23-13-9-7-10-14-23)27(36)25(24-15-11-8-12-16-24)31-26(35)22(2)32(6)28(37)40-30(3,4)5/h7,9-10,13-14,21-22,24-25H,8,11-12,15-20H2,1-6H3,(H,31,35)/t21-,22-,25-/m0/s1. The van der Waals surface area contributed by atoms with Crippen LogP contribution >= 0.6 is 0 Å². The maximum Gasteiger partial charge on any atom is 0.410 e. The zero-order valence-corrected chi connectivity index (χ0v) is 24.9. The van der Waals surface area contributed by atoms with Crippen LogP contribution in [0.2, 0.25) is 0 Å². The van der Waals surface area contributed by atoms with E-state index in [0.29, 0.717) is 19.6 Å². The topological polar surface area (TPSA) is 108 Å². The first-order chi connectivity index (χ1) is 18.9. The van der Waals surface area contributed by atoms with Gasteiger partial charge in [0.2, 0.25) is 11.8 Å². The summed E-state index contributed by atoms with van der Waals surface area (Å²) in [6.45, 7) is 10.1. The number of carbonyl (C=O) groups excluding carboxylic acids is 4. The lowest BCUT2D eigenvalue weighted by Gasteiger charge is -2.42. The summed E-state index contributed by atoms with van der Waals surface area (Å²) in [6, 6.07) is 7.77. The number of nitrogens with zero attached hydrogens (tertiary/aromatic N) is 3. The number of piperazine rings is 1. The fourth-order valence-electron chi connectivity index (χ4n) is 5.22. The summed E-state index contributed by atoms with van der Waals surface area (Å²) in [6.07, 6.45) is 3.84. The van der Waals surface area contributed by atoms with E-state index in [1.165, 1.54) is 11.9 Å². The third-order valence-corrected chi connectivity index (χ3v) is 7.71. The average Bonchev–Trinajstić information content (AvgIpc) is 2.93. The minimum atomic E-state index is -0.816. The van der Waals surface area contributed by atoms with Crippen LogP contribution in [0.25, 0.3) is 0 Å². The summed E-state index contributed by atoms with van der Waals surface area (Å²) in [4.78, 5) is 57.1. The number of amides is 4. The molecule has 0 unspecified atom stereocenters. The monoisotopic (exact) mass is 558 g/mol. The fourth-order valence-corrected chi connectivity index (χ4v) is 5.22. The molecule has 10 heteroatoms. The van der Waals surface area contributed by atoms with Crippen molar-refractivity contribution in [3.63, 3.8) is 0 Å². The molecule has 222 valence electrons. The Kier molecular flexibility index (Phi) is 10.8. The Balaban J connectivity index is 1.63. The van der Waals surface area contributed by atoms with Crippen LogP contribution < -0.4 is 5.32 Å². The molecule has 4 amide bonds. The van der Waals surface area contributed by atoms with Gasteiger partial charge in [-0.1, -0.05) is 49.6 Å². The van der Waals surface area contributed by atoms with Gasteiger partial charge >= 0.3 is 12.2 Å². The van der Waals surface area contributed by atoms with Crippen LogP contribution in [0.3, 0.4) is 0 Å². The van der Waals surface area contributed by atoms with Gasteiger partial charge in [0.15, 0.2) is 0 Å². The normalized spacial score (nSPS) is 19.8. The molecule has 10 nitrogen and oxygen atoms in total. The Morgan fingerprint density at radius 2 is 1.70 bits per heavy atom. The van der Waals surface area contributed by atoms with Crippen molar-refractivity contribution in [2.45, 2.75) is 97.1 Å². The SMILES string of the molecule is C[C@@H](C(=O)N[C@H](C(=O)N1CCN(C(=O)OCc2ccccc2)[C@@H](C)C1)C1CCCCC1)N(C)C(=O)OC(C)(C)C. The Morgan fingerprint density at radius 3 is 2.30 bits per heavy atom. The number of hydrogen-bond donors (Lipinski definition) is 1. The summed E-state index contributed by atoms with van der Waals surface area (Å²) in [7, 11) is 1.52. The molecule has 2 fully saturated rings. The molecule has 40 heavy (non-hydrogen) atoms. The van der Waals surface area contributed by atoms with Crippen molar-refractivity contribution in [1.82, 2.24) is 20.0 Å². The van der Waals surface area contributed by atoms with Gasteiger partial charge in [0.25, 0.3) is 0 Å². The minimum absolute atomic E-state index is 0.0217. The zero-order chi connectivity index (χ0) is 29.4. The van der Waals surface area contributed by atoms with E-state index in [-0.39, 0.29) is 24.5 Å². The molecule has 3 atom stereocenters. The van der Waals surface area contributed by atoms with Gasteiger partial charge in [0.1, 0.15) is 24.3 Å². The summed E-state index contributed by atoms with van der Waals surface area (Å²) in [5, 5.41) is 2.98. The lowest BCUT2D eigenvalue weighted by atomic mass is 9.83. The summed E-state index contributed by atoms with van der Waals surface area (Å²) in [5.74, 6) is -0.515. The van der Waals surface area contributed by atoms with Crippen LogP contribution in [-0.4, -0.2) is 89.1 Å². The third-order valence-electron chi connectivity index (χ3n) is 7.71. The van der Waals surface area contributed by atoms with E-state index in [0.717, 1.165) is 37.7 Å². The smallest absolute Gasteiger partial charge is 0.410 e. The van der Waals surface area contributed by atoms with Gasteiger partial charge in [-0.2, -0.15) is 0 Å². The number of carbonyl (C=O) groups is 4. The second-order valence-electron chi connectivity index (χ2n) is 12.0. The molecule has 1 N–H and O–H groups in total. The molecule has 1 aromatic carbocycles. The van der Waals surface area contributed by atoms with Crippen LogP contribution in [0.5, 0.6) is 0 Å². The van der Waals surface area contributed by atoms with Gasteiger partial charge in [-0.05, 0) is 58.9 Å². The second kappa shape index (κ2) is 13.9. The molecule has 1 saturated heterocycles. The Bertz CT molecular complexity index is 1020. The molecule has 3 rings (SSSR count). The van der Waals surface area contributed by atoms with Crippen molar-refractivity contribution >= 4 is 24.0 Å². The van der Waals surface area contributed by atoms with Crippen molar-refractivity contribution in [1.29, 1.82) is 0 Å². The van der Waals surface area contributed by atoms with E-state index in [1.54, 1.807) is 37.5 Å². The van der Waals surface area contributed by atoms with Crippen molar-refractivity contribution in [3.8, 4) is 0 Å². The third kappa shape index (κ3) is 8.60. The van der Waals surface area contributed by atoms with Crippen LogP contribution in [0.15, 0.2) is 30.3 Å². The van der Waals surface area contributed by atoms with Crippen LogP contribution in [0.4, 0.5) is 9.59 Å². The molecule has 0 spiro atoms. The molecule has 0 bridgehead atoms. The van der Waals surface area contributed by atoms with Gasteiger partial charge in [-0.25, -0.2) is 9.59 Å². The van der Waals surface area contributed by atoms with E-state index in [4.69, 9.17) is 9.47 Å². The number of ether oxygens (including phenoxy) is 2. The molecule has 0 aromatic heterocycles. The lowest BCUT2D eigenvalue weighted by Crippen LogP contribution is -2.61. The lowest BCUT2D eigenvalue weighted by molar-refractivity contribution is -0.141. The molecular formula is C30H46N4O6. The van der Waals surface area contributed by atoms with Crippen molar-refractivity contribution < 1.29 is 28.7 Å². The van der Waals surface area contributed by atoms with E-state index < -0.39 is 35.8 Å². The van der Waals surface area contributed by atoms with Crippen molar-refractivity contribution in [2.75, 3.05) is 26.7 Å². The maximum atomic E-state index is 13.9. The number of nitrogens with one attached hydrogen (secondary N) is 1. The minimum Gasteiger partial charge on any atom is -0.445 e. The molecule has 0 radical (unpaired) electrons. The number of hydrogen-bond acceptors (Lipinski definition) is 6. The highest BCUT2D eigenvalue weighted by Gasteiger charge is 2.39. The van der Waals surface area contributed by atoms with Crippen molar-refractivity contribution in [3.05, 3.63) is 35.9 Å². The number of likely N-dealkylation sites (N-methyl/N-ethyl adjacent to an activating group) is 1. The highest BCUT2D eigenvalue weighted by Crippen LogP contribution is 2.28. The van der Waals surface area contributed by atoms with Crippen LogP contribution in [-0.2, 0) is 25.7 Å². The van der Waals surface area contributed by atoms with Gasteiger partial charge in [-0.3, -0.25) is 14.5 Å². The molecule has 1 saturated carbocycles. The highest BCUT2D eigenvalue weighted by atomic mass is 16.6. The van der Waals surface area contributed by atoms with Crippen molar-refractivity contribution in [2.24, 2.45) is 5.92 Å². The first-order valence-corrected chi connectivity index (χ1v) is 14.4. The Labute approximate surface area is 238 Å². The fraction of sp³-hybridized carbons (Fsp3) is 0.667. The quantitative estimate of drug-likeness (QED) is 0.538. The Morgan fingerprint density at radius 1 is 1.05 bits per heavy atom. The summed E-state index contributed by atoms with van der Waals surface area (Å²) in [5.41, 5.74) is 0.226. The number of rotatable bonds is 7. The molecule has 1 heterocycles. The summed E-state index contributed by atoms with van der Waals surface area (Å²) < 4.78 is 10.9. The molecule has 2 aliphatic rings. The van der Waals surface area contributed by atoms with Gasteiger partial charge in [0.05, 0.1) is 0 Å². The van der Waals surface area contributed by atoms with Gasteiger partial charge in [-0.15, -0.1) is 0 Å². The zero-order valence-electron chi connectivity index (χ0n) is 24.9. The molecule has 1 aliphatic heterocycles. The molecule has 1 aliphatic carbocycles. The first-order valence-electron chi connectivity index (χ1n) is 14.4. The maximum absolute atomic E-state index is 13.9. The average molecular weight is 559 g/mol. The van der Waals surface area contributed by atoms with Gasteiger partial charge in [0, 0.05) is 32.7 Å². The van der Waals surface area contributed by atoms with E-state index in [1.807, 2.05) is 37.3 Å². The predicted octanol–water partition coefficient (Wildman–Crippen LogP) is 4.18. The summed E-state index contributed by atoms with van der Waals surface area (Å²) >= 11 is 0. The van der Waals surface area contributed by atoms with E-state index in [2.05, 4.69) is 5.32 Å². The van der Waals surface area contributed by atoms with Crippen LogP contribution in [0, 0.1) is 5.92 Å². The second-order valence-corrected chi connectivity index (χ2v) is 12.0. The Hall–Kier alpha value is -3.30.